The predicted molar refractivity (Wildman–Crippen MR) is 61.3 cm³/mol. The molecule has 0 aliphatic heterocycles. The Labute approximate surface area is 97.3 Å². The van der Waals surface area contributed by atoms with Crippen molar-refractivity contribution in [2.24, 2.45) is 0 Å². The minimum Gasteiger partial charge on any atom is -0.388 e. The second-order valence-electron chi connectivity index (χ2n) is 4.34. The van der Waals surface area contributed by atoms with Crippen LogP contribution in [0.1, 0.15) is 18.4 Å². The Kier molecular flexibility index (Phi) is 2.03. The van der Waals surface area contributed by atoms with Crippen molar-refractivity contribution in [3.05, 3.63) is 18.1 Å². The van der Waals surface area contributed by atoms with Gasteiger partial charge in [-0.1, -0.05) is 0 Å². The lowest BCUT2D eigenvalue weighted by molar-refractivity contribution is 0.164. The lowest BCUT2D eigenvalue weighted by atomic mass is 10.2. The van der Waals surface area contributed by atoms with Gasteiger partial charge in [-0.3, -0.25) is 0 Å². The van der Waals surface area contributed by atoms with Gasteiger partial charge in [-0.15, -0.1) is 0 Å². The quantitative estimate of drug-likeness (QED) is 0.722. The van der Waals surface area contributed by atoms with Gasteiger partial charge >= 0.3 is 0 Å². The molecule has 0 amide bonds. The van der Waals surface area contributed by atoms with Gasteiger partial charge in [0.25, 0.3) is 0 Å². The first-order chi connectivity index (χ1) is 8.22. The van der Waals surface area contributed by atoms with Crippen LogP contribution in [-0.4, -0.2) is 32.2 Å². The number of anilines is 1. The van der Waals surface area contributed by atoms with E-state index in [4.69, 9.17) is 5.26 Å². The lowest BCUT2D eigenvalue weighted by Gasteiger charge is -2.10. The van der Waals surface area contributed by atoms with Gasteiger partial charge in [-0.2, -0.15) is 5.26 Å². The molecule has 0 radical (unpaired) electrons. The summed E-state index contributed by atoms with van der Waals surface area (Å²) < 4.78 is 0. The highest BCUT2D eigenvalue weighted by Gasteiger charge is 2.40. The Hall–Kier alpha value is -2.13. The molecule has 0 bridgehead atoms. The number of H-pyrrole nitrogens is 1. The molecule has 1 saturated carbocycles. The highest BCUT2D eigenvalue weighted by Crippen LogP contribution is 2.35. The van der Waals surface area contributed by atoms with Gasteiger partial charge in [0.15, 0.2) is 0 Å². The van der Waals surface area contributed by atoms with E-state index in [9.17, 15) is 5.11 Å². The third-order valence-corrected chi connectivity index (χ3v) is 3.00. The molecular formula is C11H11N5O. The number of hydrogen-bond donors (Lipinski definition) is 3. The van der Waals surface area contributed by atoms with E-state index in [1.54, 1.807) is 6.20 Å². The van der Waals surface area contributed by atoms with E-state index >= 15 is 0 Å². The minimum absolute atomic E-state index is 0.454. The maximum absolute atomic E-state index is 9.76. The van der Waals surface area contributed by atoms with Crippen molar-refractivity contribution in [3.8, 4) is 6.07 Å². The van der Waals surface area contributed by atoms with Crippen molar-refractivity contribution in [1.29, 1.82) is 5.26 Å². The summed E-state index contributed by atoms with van der Waals surface area (Å²) in [7, 11) is 0. The third kappa shape index (κ3) is 1.70. The first-order valence-electron chi connectivity index (χ1n) is 5.40. The maximum Gasteiger partial charge on any atom is 0.144 e. The fourth-order valence-corrected chi connectivity index (χ4v) is 1.75. The molecule has 2 aromatic rings. The Balaban J connectivity index is 1.97. The molecule has 3 N–H and O–H groups in total. The molecule has 0 aromatic carbocycles. The normalized spacial score (nSPS) is 16.7. The van der Waals surface area contributed by atoms with Crippen molar-refractivity contribution in [2.75, 3.05) is 11.9 Å². The number of nitrogens with one attached hydrogen (secondary N) is 2. The van der Waals surface area contributed by atoms with Crippen molar-refractivity contribution < 1.29 is 5.11 Å². The number of nitrogens with zero attached hydrogens (tertiary/aromatic N) is 3. The summed E-state index contributed by atoms with van der Waals surface area (Å²) in [4.78, 5) is 11.1. The van der Waals surface area contributed by atoms with E-state index in [2.05, 4.69) is 26.3 Å². The third-order valence-electron chi connectivity index (χ3n) is 3.00. The molecule has 0 spiro atoms. The van der Waals surface area contributed by atoms with Gasteiger partial charge in [0.05, 0.1) is 16.6 Å². The molecule has 1 aliphatic rings. The van der Waals surface area contributed by atoms with Gasteiger partial charge in [-0.05, 0) is 12.8 Å². The van der Waals surface area contributed by atoms with Crippen molar-refractivity contribution in [2.45, 2.75) is 18.4 Å². The van der Waals surface area contributed by atoms with Crippen LogP contribution in [0.25, 0.3) is 11.0 Å². The second kappa shape index (κ2) is 3.43. The second-order valence-corrected chi connectivity index (χ2v) is 4.34. The van der Waals surface area contributed by atoms with Crippen LogP contribution in [0.3, 0.4) is 0 Å². The first-order valence-corrected chi connectivity index (χ1v) is 5.40. The van der Waals surface area contributed by atoms with Crippen LogP contribution < -0.4 is 5.32 Å². The van der Waals surface area contributed by atoms with E-state index in [0.29, 0.717) is 29.0 Å². The smallest absolute Gasteiger partial charge is 0.144 e. The number of rotatable bonds is 3. The van der Waals surface area contributed by atoms with Gasteiger partial charge in [0, 0.05) is 12.7 Å². The molecule has 0 unspecified atom stereocenters. The summed E-state index contributed by atoms with van der Waals surface area (Å²) in [6, 6.07) is 2.09. The topological polar surface area (TPSA) is 97.6 Å². The van der Waals surface area contributed by atoms with E-state index in [1.807, 2.05) is 0 Å². The van der Waals surface area contributed by atoms with Crippen LogP contribution in [0.4, 0.5) is 5.82 Å². The van der Waals surface area contributed by atoms with E-state index < -0.39 is 5.60 Å². The zero-order valence-electron chi connectivity index (χ0n) is 9.06. The summed E-state index contributed by atoms with van der Waals surface area (Å²) in [6.07, 6.45) is 4.66. The number of aromatic nitrogens is 3. The summed E-state index contributed by atoms with van der Waals surface area (Å²) in [5.41, 5.74) is 0.535. The average Bonchev–Trinajstić information content (AvgIpc) is 2.93. The molecule has 1 fully saturated rings. The first kappa shape index (κ1) is 10.1. The molecule has 0 saturated heterocycles. The van der Waals surface area contributed by atoms with Gasteiger partial charge in [0.1, 0.15) is 23.9 Å². The van der Waals surface area contributed by atoms with E-state index in [1.165, 1.54) is 6.33 Å². The minimum atomic E-state index is -0.597. The summed E-state index contributed by atoms with van der Waals surface area (Å²) in [5.74, 6) is 0.591. The highest BCUT2D eigenvalue weighted by atomic mass is 16.3. The lowest BCUT2D eigenvalue weighted by Crippen LogP contribution is -2.21. The van der Waals surface area contributed by atoms with Crippen LogP contribution in [0.2, 0.25) is 0 Å². The monoisotopic (exact) mass is 229 g/mol. The molecule has 0 atom stereocenters. The Morgan fingerprint density at radius 1 is 1.53 bits per heavy atom. The van der Waals surface area contributed by atoms with Crippen molar-refractivity contribution in [1.82, 2.24) is 15.0 Å². The van der Waals surface area contributed by atoms with Crippen molar-refractivity contribution >= 4 is 16.9 Å². The van der Waals surface area contributed by atoms with Gasteiger partial charge in [0.2, 0.25) is 0 Å². The summed E-state index contributed by atoms with van der Waals surface area (Å²) in [6.45, 7) is 0.454. The molecular weight excluding hydrogens is 218 g/mol. The number of aromatic amines is 1. The summed E-state index contributed by atoms with van der Waals surface area (Å²) in [5, 5.41) is 22.5. The maximum atomic E-state index is 9.76. The number of fused-ring (bicyclic) bond motifs is 1. The summed E-state index contributed by atoms with van der Waals surface area (Å²) >= 11 is 0. The molecule has 6 heteroatoms. The highest BCUT2D eigenvalue weighted by molar-refractivity contribution is 5.92. The zero-order valence-corrected chi connectivity index (χ0v) is 9.06. The van der Waals surface area contributed by atoms with Crippen LogP contribution in [0.5, 0.6) is 0 Å². The predicted octanol–water partition coefficient (Wildman–Crippen LogP) is 0.766. The molecule has 3 rings (SSSR count). The van der Waals surface area contributed by atoms with Crippen LogP contribution in [-0.2, 0) is 0 Å². The molecule has 6 nitrogen and oxygen atoms in total. The number of hydrogen-bond acceptors (Lipinski definition) is 5. The molecule has 2 aromatic heterocycles. The van der Waals surface area contributed by atoms with Gasteiger partial charge < -0.3 is 15.4 Å². The van der Waals surface area contributed by atoms with Gasteiger partial charge in [-0.25, -0.2) is 9.97 Å². The fraction of sp³-hybridized carbons (Fsp3) is 0.364. The largest absolute Gasteiger partial charge is 0.388 e. The van der Waals surface area contributed by atoms with E-state index in [-0.39, 0.29) is 0 Å². The molecule has 1 aliphatic carbocycles. The molecule has 86 valence electrons. The van der Waals surface area contributed by atoms with Crippen LogP contribution in [0, 0.1) is 11.3 Å². The zero-order chi connectivity index (χ0) is 11.9. The Bertz CT molecular complexity index is 608. The van der Waals surface area contributed by atoms with Crippen LogP contribution >= 0.6 is 0 Å². The number of nitriles is 1. The fourth-order valence-electron chi connectivity index (χ4n) is 1.75. The Morgan fingerprint density at radius 2 is 2.35 bits per heavy atom. The number of aliphatic hydroxyl groups is 1. The standard InChI is InChI=1S/C11H11N5O/c12-3-7-4-13-9-8(7)10(16-6-15-9)14-5-11(17)1-2-11/h4,6,17H,1-2,5H2,(H2,13,14,15,16). The van der Waals surface area contributed by atoms with Crippen molar-refractivity contribution in [3.63, 3.8) is 0 Å². The van der Waals surface area contributed by atoms with E-state index in [0.717, 1.165) is 12.8 Å². The Morgan fingerprint density at radius 3 is 3.06 bits per heavy atom. The molecule has 2 heterocycles. The van der Waals surface area contributed by atoms with Crippen LogP contribution in [0.15, 0.2) is 12.5 Å². The SMILES string of the molecule is N#Cc1c[nH]c2ncnc(NCC3(O)CC3)c12. The molecule has 17 heavy (non-hydrogen) atoms. The average molecular weight is 229 g/mol.